The third kappa shape index (κ3) is 4.28. The predicted octanol–water partition coefficient (Wildman–Crippen LogP) is 1.82. The van der Waals surface area contributed by atoms with Gasteiger partial charge in [0.2, 0.25) is 5.91 Å². The molecule has 26 heavy (non-hydrogen) atoms. The molecule has 0 atom stereocenters. The van der Waals surface area contributed by atoms with Crippen LogP contribution in [0.5, 0.6) is 0 Å². The lowest BCUT2D eigenvalue weighted by atomic mass is 9.96. The Morgan fingerprint density at radius 2 is 1.38 bits per heavy atom. The number of nitrogens with one attached hydrogen (secondary N) is 1. The second-order valence-electron chi connectivity index (χ2n) is 6.35. The molecule has 2 N–H and O–H groups in total. The van der Waals surface area contributed by atoms with Gasteiger partial charge < -0.3 is 4.90 Å². The first kappa shape index (κ1) is 18.1. The number of piperazine rings is 1. The molecule has 6 heteroatoms. The monoisotopic (exact) mass is 353 g/mol. The summed E-state index contributed by atoms with van der Waals surface area (Å²) in [6, 6.07) is 20.8. The highest BCUT2D eigenvalue weighted by atomic mass is 16.5. The number of benzene rings is 2. The predicted molar refractivity (Wildman–Crippen MR) is 97.4 cm³/mol. The summed E-state index contributed by atoms with van der Waals surface area (Å²) in [6.45, 7) is 2.57. The summed E-state index contributed by atoms with van der Waals surface area (Å²) in [5.41, 5.74) is 3.95. The smallest absolute Gasteiger partial charge is 0.252 e. The van der Waals surface area contributed by atoms with Crippen molar-refractivity contribution in [2.24, 2.45) is 0 Å². The highest BCUT2D eigenvalue weighted by molar-refractivity contribution is 5.96. The molecule has 136 valence electrons. The first-order valence-electron chi connectivity index (χ1n) is 8.73. The van der Waals surface area contributed by atoms with Crippen molar-refractivity contribution < 1.29 is 14.8 Å². The molecular formula is C20H23N3O3. The second kappa shape index (κ2) is 8.60. The van der Waals surface area contributed by atoms with E-state index >= 15 is 0 Å². The Labute approximate surface area is 153 Å². The maximum absolute atomic E-state index is 12.1. The molecule has 1 aliphatic heterocycles. The first-order chi connectivity index (χ1) is 12.7. The molecule has 1 saturated heterocycles. The molecule has 3 rings (SSSR count). The number of hydrogen-bond acceptors (Lipinski definition) is 4. The number of hydroxylamine groups is 1. The van der Waals surface area contributed by atoms with Crippen LogP contribution in [0.3, 0.4) is 0 Å². The minimum atomic E-state index is -0.677. The van der Waals surface area contributed by atoms with E-state index < -0.39 is 5.91 Å². The molecule has 1 aliphatic rings. The van der Waals surface area contributed by atoms with E-state index in [4.69, 9.17) is 5.21 Å². The summed E-state index contributed by atoms with van der Waals surface area (Å²) in [6.07, 6.45) is -0.322. The normalized spacial score (nSPS) is 15.1. The summed E-state index contributed by atoms with van der Waals surface area (Å²) in [5.74, 6) is -0.934. The zero-order valence-corrected chi connectivity index (χ0v) is 14.5. The van der Waals surface area contributed by atoms with Crippen molar-refractivity contribution in [1.29, 1.82) is 0 Å². The van der Waals surface area contributed by atoms with Gasteiger partial charge in [0.25, 0.3) is 5.91 Å². The van der Waals surface area contributed by atoms with Crippen molar-refractivity contribution in [2.75, 3.05) is 26.2 Å². The molecule has 0 unspecified atom stereocenters. The highest BCUT2D eigenvalue weighted by Crippen LogP contribution is 2.29. The summed E-state index contributed by atoms with van der Waals surface area (Å²) in [4.78, 5) is 27.3. The standard InChI is InChI=1S/C20H23N3O3/c24-18(21-26)15-19(25)22-11-13-23(14-12-22)20(16-7-3-1-4-8-16)17-9-5-2-6-10-17/h1-10,20,26H,11-15H2,(H,21,24). The zero-order valence-electron chi connectivity index (χ0n) is 14.5. The lowest BCUT2D eigenvalue weighted by Gasteiger charge is -2.39. The van der Waals surface area contributed by atoms with Crippen LogP contribution >= 0.6 is 0 Å². The van der Waals surface area contributed by atoms with Gasteiger partial charge in [-0.3, -0.25) is 19.7 Å². The molecule has 0 aliphatic carbocycles. The van der Waals surface area contributed by atoms with E-state index in [1.165, 1.54) is 16.6 Å². The number of rotatable bonds is 5. The Bertz CT molecular complexity index is 689. The third-order valence-corrected chi connectivity index (χ3v) is 4.70. The van der Waals surface area contributed by atoms with E-state index in [0.717, 1.165) is 13.1 Å². The summed E-state index contributed by atoms with van der Waals surface area (Å²) in [5, 5.41) is 8.57. The van der Waals surface area contributed by atoms with Gasteiger partial charge >= 0.3 is 0 Å². The minimum Gasteiger partial charge on any atom is -0.340 e. The van der Waals surface area contributed by atoms with Gasteiger partial charge in [0, 0.05) is 26.2 Å². The quantitative estimate of drug-likeness (QED) is 0.489. The van der Waals surface area contributed by atoms with Crippen molar-refractivity contribution in [2.45, 2.75) is 12.5 Å². The number of carbonyl (C=O) groups is 2. The molecule has 2 aromatic rings. The molecule has 0 spiro atoms. The van der Waals surface area contributed by atoms with E-state index in [1.807, 2.05) is 36.4 Å². The molecule has 0 radical (unpaired) electrons. The van der Waals surface area contributed by atoms with Crippen LogP contribution in [0, 0.1) is 0 Å². The number of hydrogen-bond donors (Lipinski definition) is 2. The van der Waals surface area contributed by atoms with Crippen LogP contribution in [0.1, 0.15) is 23.6 Å². The van der Waals surface area contributed by atoms with Crippen LogP contribution in [-0.4, -0.2) is 53.0 Å². The van der Waals surface area contributed by atoms with Crippen molar-refractivity contribution >= 4 is 11.8 Å². The summed E-state index contributed by atoms with van der Waals surface area (Å²) >= 11 is 0. The van der Waals surface area contributed by atoms with Crippen LogP contribution in [0.4, 0.5) is 0 Å². The van der Waals surface area contributed by atoms with E-state index in [-0.39, 0.29) is 18.4 Å². The topological polar surface area (TPSA) is 72.9 Å². The van der Waals surface area contributed by atoms with E-state index in [1.54, 1.807) is 4.90 Å². The van der Waals surface area contributed by atoms with E-state index in [2.05, 4.69) is 29.2 Å². The van der Waals surface area contributed by atoms with Gasteiger partial charge in [0.15, 0.2) is 0 Å². The average molecular weight is 353 g/mol. The van der Waals surface area contributed by atoms with Gasteiger partial charge in [-0.25, -0.2) is 5.48 Å². The Balaban J connectivity index is 1.72. The first-order valence-corrected chi connectivity index (χ1v) is 8.73. The Morgan fingerprint density at radius 1 is 0.885 bits per heavy atom. The van der Waals surface area contributed by atoms with Crippen molar-refractivity contribution in [3.63, 3.8) is 0 Å². The molecule has 0 saturated carbocycles. The van der Waals surface area contributed by atoms with Crippen molar-refractivity contribution in [1.82, 2.24) is 15.3 Å². The third-order valence-electron chi connectivity index (χ3n) is 4.70. The van der Waals surface area contributed by atoms with Crippen LogP contribution in [0.2, 0.25) is 0 Å². The highest BCUT2D eigenvalue weighted by Gasteiger charge is 2.28. The molecule has 0 bridgehead atoms. The fourth-order valence-corrected chi connectivity index (χ4v) is 3.40. The number of nitrogens with zero attached hydrogens (tertiary/aromatic N) is 2. The van der Waals surface area contributed by atoms with Crippen LogP contribution in [0.25, 0.3) is 0 Å². The summed E-state index contributed by atoms with van der Waals surface area (Å²) < 4.78 is 0. The molecule has 6 nitrogen and oxygen atoms in total. The minimum absolute atomic E-state index is 0.135. The maximum Gasteiger partial charge on any atom is 0.252 e. The van der Waals surface area contributed by atoms with E-state index in [9.17, 15) is 9.59 Å². The van der Waals surface area contributed by atoms with Crippen molar-refractivity contribution in [3.8, 4) is 0 Å². The van der Waals surface area contributed by atoms with Gasteiger partial charge in [-0.2, -0.15) is 0 Å². The Morgan fingerprint density at radius 3 is 1.85 bits per heavy atom. The molecule has 1 heterocycles. The lowest BCUT2D eigenvalue weighted by molar-refractivity contribution is -0.140. The van der Waals surface area contributed by atoms with Gasteiger partial charge in [-0.1, -0.05) is 60.7 Å². The Hall–Kier alpha value is -2.70. The molecule has 2 amide bonds. The molecule has 1 fully saturated rings. The van der Waals surface area contributed by atoms with Crippen LogP contribution < -0.4 is 5.48 Å². The van der Waals surface area contributed by atoms with Gasteiger partial charge in [-0.15, -0.1) is 0 Å². The second-order valence-corrected chi connectivity index (χ2v) is 6.35. The largest absolute Gasteiger partial charge is 0.340 e. The molecule has 0 aromatic heterocycles. The lowest BCUT2D eigenvalue weighted by Crippen LogP contribution is -2.50. The molecule has 2 aromatic carbocycles. The average Bonchev–Trinajstić information content (AvgIpc) is 2.70. The van der Waals surface area contributed by atoms with Crippen LogP contribution in [-0.2, 0) is 9.59 Å². The number of amides is 2. The van der Waals surface area contributed by atoms with Crippen LogP contribution in [0.15, 0.2) is 60.7 Å². The number of carbonyl (C=O) groups excluding carboxylic acids is 2. The fourth-order valence-electron chi connectivity index (χ4n) is 3.40. The Kier molecular flexibility index (Phi) is 5.99. The SMILES string of the molecule is O=C(CC(=O)N1CCN(C(c2ccccc2)c2ccccc2)CC1)NO. The summed E-state index contributed by atoms with van der Waals surface area (Å²) in [7, 11) is 0. The van der Waals surface area contributed by atoms with Crippen molar-refractivity contribution in [3.05, 3.63) is 71.8 Å². The maximum atomic E-state index is 12.1. The zero-order chi connectivity index (χ0) is 18.4. The van der Waals surface area contributed by atoms with E-state index in [0.29, 0.717) is 13.1 Å². The van der Waals surface area contributed by atoms with Gasteiger partial charge in [0.1, 0.15) is 6.42 Å². The van der Waals surface area contributed by atoms with Gasteiger partial charge in [0.05, 0.1) is 6.04 Å². The molecular weight excluding hydrogens is 330 g/mol. The van der Waals surface area contributed by atoms with Gasteiger partial charge in [-0.05, 0) is 11.1 Å². The fraction of sp³-hybridized carbons (Fsp3) is 0.300.